The van der Waals surface area contributed by atoms with Crippen LogP contribution in [-0.2, 0) is 19.1 Å². The Morgan fingerprint density at radius 2 is 1.49 bits per heavy atom. The van der Waals surface area contributed by atoms with Crippen LogP contribution in [0.15, 0.2) is 85.2 Å². The summed E-state index contributed by atoms with van der Waals surface area (Å²) >= 11 is 0. The molecule has 0 aliphatic carbocycles. The summed E-state index contributed by atoms with van der Waals surface area (Å²) in [7, 11) is 0. The van der Waals surface area contributed by atoms with Gasteiger partial charge in [-0.15, -0.1) is 0 Å². The second-order valence-electron chi connectivity index (χ2n) is 9.32. The summed E-state index contributed by atoms with van der Waals surface area (Å²) in [6.07, 6.45) is -1.34. The molecular formula is C30H20F5N3O3. The summed E-state index contributed by atoms with van der Waals surface area (Å²) in [6.45, 7) is 0.0477. The van der Waals surface area contributed by atoms with Crippen molar-refractivity contribution in [3.8, 4) is 11.1 Å². The van der Waals surface area contributed by atoms with E-state index >= 15 is 0 Å². The minimum absolute atomic E-state index is 0.0477. The number of benzene rings is 3. The van der Waals surface area contributed by atoms with E-state index in [1.165, 1.54) is 47.2 Å². The molecule has 11 heteroatoms. The topological polar surface area (TPSA) is 83.7 Å². The molecular weight excluding hydrogens is 545 g/mol. The van der Waals surface area contributed by atoms with E-state index in [1.807, 2.05) is 0 Å². The summed E-state index contributed by atoms with van der Waals surface area (Å²) in [5.41, 5.74) is 1.97. The van der Waals surface area contributed by atoms with E-state index in [-0.39, 0.29) is 29.7 Å². The summed E-state index contributed by atoms with van der Waals surface area (Å²) in [6, 6.07) is 15.0. The average molecular weight is 565 g/mol. The van der Waals surface area contributed by atoms with Gasteiger partial charge in [0, 0.05) is 36.4 Å². The molecule has 1 amide bonds. The number of rotatable bonds is 7. The van der Waals surface area contributed by atoms with Crippen LogP contribution < -0.4 is 5.32 Å². The van der Waals surface area contributed by atoms with Gasteiger partial charge in [-0.25, -0.2) is 18.1 Å². The van der Waals surface area contributed by atoms with Crippen LogP contribution in [-0.4, -0.2) is 26.6 Å². The third-order valence-corrected chi connectivity index (χ3v) is 6.46. The van der Waals surface area contributed by atoms with Crippen molar-refractivity contribution in [1.82, 2.24) is 14.9 Å². The number of nitrogens with one attached hydrogen (secondary N) is 1. The van der Waals surface area contributed by atoms with Crippen LogP contribution in [0.25, 0.3) is 16.6 Å². The molecule has 0 spiro atoms. The predicted octanol–water partition coefficient (Wildman–Crippen LogP) is 6.52. The molecule has 2 aromatic heterocycles. The van der Waals surface area contributed by atoms with Gasteiger partial charge in [-0.2, -0.15) is 18.3 Å². The second kappa shape index (κ2) is 10.8. The van der Waals surface area contributed by atoms with Crippen molar-refractivity contribution in [3.05, 3.63) is 130 Å². The van der Waals surface area contributed by atoms with E-state index < -0.39 is 35.3 Å². The number of fused-ring (bicyclic) bond motifs is 1. The first-order valence-electron chi connectivity index (χ1n) is 12.2. The fourth-order valence-electron chi connectivity index (χ4n) is 4.44. The predicted molar refractivity (Wildman–Crippen MR) is 139 cm³/mol. The van der Waals surface area contributed by atoms with Crippen molar-refractivity contribution in [2.24, 2.45) is 0 Å². The summed E-state index contributed by atoms with van der Waals surface area (Å²) in [5.74, 6) is -3.25. The fraction of sp³-hybridized carbons (Fsp3) is 0.100. The third kappa shape index (κ3) is 6.08. The van der Waals surface area contributed by atoms with E-state index in [4.69, 9.17) is 5.11 Å². The highest BCUT2D eigenvalue weighted by molar-refractivity contribution is 6.02. The van der Waals surface area contributed by atoms with Crippen LogP contribution in [0.1, 0.15) is 43.0 Å². The molecule has 5 aromatic rings. The van der Waals surface area contributed by atoms with Crippen molar-refractivity contribution in [2.45, 2.75) is 19.1 Å². The normalized spacial score (nSPS) is 11.5. The Morgan fingerprint density at radius 3 is 2.10 bits per heavy atom. The molecule has 0 saturated carbocycles. The standard InChI is InChI=1S/C30H20F5N3O3/c31-24-10-20(11-25(32)13-24)22-12-26(28(39)36-14-18-1-5-19(6-2-18)29(40)41)27-21(15-37-38(27)16-22)9-17-3-7-23(8-4-17)30(33,34)35/h1-8,10-13,15-16H,9,14H2,(H,36,39)(H,40,41). The SMILES string of the molecule is O=C(O)c1ccc(CNC(=O)c2cc(-c3cc(F)cc(F)c3)cn3ncc(Cc4ccc(C(F)(F)F)cc4)c23)cc1. The smallest absolute Gasteiger partial charge is 0.416 e. The Hall–Kier alpha value is -5.06. The minimum Gasteiger partial charge on any atom is -0.478 e. The number of carbonyl (C=O) groups excluding carboxylic acids is 1. The lowest BCUT2D eigenvalue weighted by Gasteiger charge is -2.12. The molecule has 2 N–H and O–H groups in total. The fourth-order valence-corrected chi connectivity index (χ4v) is 4.44. The largest absolute Gasteiger partial charge is 0.478 e. The Labute approximate surface area is 229 Å². The quantitative estimate of drug-likeness (QED) is 0.220. The number of aromatic nitrogens is 2. The van der Waals surface area contributed by atoms with Crippen molar-refractivity contribution < 1.29 is 36.6 Å². The maximum Gasteiger partial charge on any atom is 0.416 e. The number of pyridine rings is 1. The molecule has 0 fully saturated rings. The lowest BCUT2D eigenvalue weighted by Crippen LogP contribution is -2.24. The molecule has 0 radical (unpaired) electrons. The van der Waals surface area contributed by atoms with Gasteiger partial charge in [-0.1, -0.05) is 24.3 Å². The molecule has 0 atom stereocenters. The van der Waals surface area contributed by atoms with Gasteiger partial charge < -0.3 is 10.4 Å². The lowest BCUT2D eigenvalue weighted by atomic mass is 10.00. The number of carboxylic acid groups (broad SMARTS) is 1. The van der Waals surface area contributed by atoms with Crippen LogP contribution in [0.2, 0.25) is 0 Å². The highest BCUT2D eigenvalue weighted by atomic mass is 19.4. The van der Waals surface area contributed by atoms with E-state index in [0.29, 0.717) is 27.8 Å². The first-order valence-corrected chi connectivity index (χ1v) is 12.2. The van der Waals surface area contributed by atoms with E-state index in [0.717, 1.165) is 30.3 Å². The lowest BCUT2D eigenvalue weighted by molar-refractivity contribution is -0.137. The maximum atomic E-state index is 14.0. The Bertz CT molecular complexity index is 1740. The summed E-state index contributed by atoms with van der Waals surface area (Å²) in [5, 5.41) is 16.1. The van der Waals surface area contributed by atoms with Gasteiger partial charge in [0.1, 0.15) is 11.6 Å². The van der Waals surface area contributed by atoms with E-state index in [9.17, 15) is 31.5 Å². The number of nitrogens with zero attached hydrogens (tertiary/aromatic N) is 2. The van der Waals surface area contributed by atoms with Gasteiger partial charge in [-0.05, 0) is 59.2 Å². The molecule has 0 aliphatic heterocycles. The first kappa shape index (κ1) is 27.5. The molecule has 41 heavy (non-hydrogen) atoms. The van der Waals surface area contributed by atoms with Crippen LogP contribution in [0, 0.1) is 11.6 Å². The molecule has 0 bridgehead atoms. The van der Waals surface area contributed by atoms with Gasteiger partial charge in [0.25, 0.3) is 5.91 Å². The highest BCUT2D eigenvalue weighted by Gasteiger charge is 2.30. The number of carbonyl (C=O) groups is 2. The summed E-state index contributed by atoms with van der Waals surface area (Å²) < 4.78 is 68.3. The number of carboxylic acids is 1. The molecule has 0 unspecified atom stereocenters. The van der Waals surface area contributed by atoms with Crippen LogP contribution in [0.5, 0.6) is 0 Å². The molecule has 2 heterocycles. The zero-order valence-corrected chi connectivity index (χ0v) is 21.0. The van der Waals surface area contributed by atoms with Gasteiger partial charge >= 0.3 is 12.1 Å². The average Bonchev–Trinajstić information content (AvgIpc) is 3.33. The van der Waals surface area contributed by atoms with Gasteiger partial charge in [0.05, 0.1) is 28.4 Å². The monoisotopic (exact) mass is 565 g/mol. The van der Waals surface area contributed by atoms with Gasteiger partial charge in [0.2, 0.25) is 0 Å². The van der Waals surface area contributed by atoms with Crippen LogP contribution >= 0.6 is 0 Å². The van der Waals surface area contributed by atoms with Crippen molar-refractivity contribution in [3.63, 3.8) is 0 Å². The van der Waals surface area contributed by atoms with E-state index in [1.54, 1.807) is 12.1 Å². The van der Waals surface area contributed by atoms with Gasteiger partial charge in [-0.3, -0.25) is 4.79 Å². The Kier molecular flexibility index (Phi) is 7.27. The van der Waals surface area contributed by atoms with Crippen molar-refractivity contribution in [1.29, 1.82) is 0 Å². The Balaban J connectivity index is 1.52. The van der Waals surface area contributed by atoms with E-state index in [2.05, 4.69) is 10.4 Å². The number of halogens is 5. The van der Waals surface area contributed by atoms with Crippen molar-refractivity contribution in [2.75, 3.05) is 0 Å². The second-order valence-corrected chi connectivity index (χ2v) is 9.32. The van der Waals surface area contributed by atoms with Crippen LogP contribution in [0.4, 0.5) is 22.0 Å². The third-order valence-electron chi connectivity index (χ3n) is 6.46. The molecule has 208 valence electrons. The molecule has 5 rings (SSSR count). The number of amides is 1. The molecule has 3 aromatic carbocycles. The highest BCUT2D eigenvalue weighted by Crippen LogP contribution is 2.31. The number of hydrogen-bond acceptors (Lipinski definition) is 3. The minimum atomic E-state index is -4.48. The Morgan fingerprint density at radius 1 is 0.854 bits per heavy atom. The van der Waals surface area contributed by atoms with Gasteiger partial charge in [0.15, 0.2) is 0 Å². The molecule has 6 nitrogen and oxygen atoms in total. The molecule has 0 aliphatic rings. The zero-order valence-electron chi connectivity index (χ0n) is 21.0. The zero-order chi connectivity index (χ0) is 29.3. The number of hydrogen-bond donors (Lipinski definition) is 2. The summed E-state index contributed by atoms with van der Waals surface area (Å²) in [4.78, 5) is 24.6. The number of aromatic carboxylic acids is 1. The van der Waals surface area contributed by atoms with Crippen LogP contribution in [0.3, 0.4) is 0 Å². The maximum absolute atomic E-state index is 14.0. The first-order chi connectivity index (χ1) is 19.5. The van der Waals surface area contributed by atoms with Crippen molar-refractivity contribution >= 4 is 17.4 Å². The molecule has 0 saturated heterocycles. The number of alkyl halides is 3.